The molecule has 0 saturated heterocycles. The number of nitrogens with one attached hydrogen (secondary N) is 1. The largest absolute Gasteiger partial charge is 0.492 e. The lowest BCUT2D eigenvalue weighted by atomic mass is 10.3. The number of carbonyl (C=O) groups is 1. The van der Waals surface area contributed by atoms with Crippen LogP contribution in [0, 0.1) is 0 Å². The summed E-state index contributed by atoms with van der Waals surface area (Å²) < 4.78 is 7.06. The van der Waals surface area contributed by atoms with Gasteiger partial charge in [-0.05, 0) is 43.3 Å². The molecule has 8 heteroatoms. The lowest BCUT2D eigenvalue weighted by Gasteiger charge is -2.13. The van der Waals surface area contributed by atoms with Crippen LogP contribution in [0.4, 0.5) is 5.69 Å². The molecule has 156 valence electrons. The molecule has 1 N–H and O–H groups in total. The van der Waals surface area contributed by atoms with Gasteiger partial charge in [-0.1, -0.05) is 42.1 Å². The van der Waals surface area contributed by atoms with Crippen LogP contribution in [0.3, 0.4) is 0 Å². The molecular formula is C23H20N4O3S. The fourth-order valence-corrected chi connectivity index (χ4v) is 3.87. The van der Waals surface area contributed by atoms with E-state index in [-0.39, 0.29) is 17.2 Å². The van der Waals surface area contributed by atoms with Crippen molar-refractivity contribution in [1.29, 1.82) is 0 Å². The Hall–Kier alpha value is -3.65. The van der Waals surface area contributed by atoms with Gasteiger partial charge in [0.05, 0.1) is 29.1 Å². The Morgan fingerprint density at radius 1 is 1.06 bits per heavy atom. The van der Waals surface area contributed by atoms with Crippen LogP contribution < -0.4 is 15.6 Å². The molecule has 4 aromatic rings. The van der Waals surface area contributed by atoms with Gasteiger partial charge in [-0.3, -0.25) is 14.2 Å². The van der Waals surface area contributed by atoms with Crippen molar-refractivity contribution in [2.45, 2.75) is 12.1 Å². The highest BCUT2D eigenvalue weighted by atomic mass is 32.2. The number of nitrogens with zero attached hydrogens (tertiary/aromatic N) is 3. The monoisotopic (exact) mass is 432 g/mol. The molecule has 0 aliphatic heterocycles. The number of hydrogen-bond acceptors (Lipinski definition) is 6. The number of amides is 1. The van der Waals surface area contributed by atoms with Crippen molar-refractivity contribution in [3.05, 3.63) is 83.3 Å². The molecule has 0 unspecified atom stereocenters. The van der Waals surface area contributed by atoms with Crippen LogP contribution in [0.5, 0.6) is 5.75 Å². The number of anilines is 1. The zero-order valence-electron chi connectivity index (χ0n) is 16.8. The summed E-state index contributed by atoms with van der Waals surface area (Å²) in [7, 11) is 0. The quantitative estimate of drug-likeness (QED) is 0.352. The molecule has 0 aliphatic carbocycles. The van der Waals surface area contributed by atoms with E-state index in [9.17, 15) is 9.59 Å². The molecule has 0 atom stereocenters. The maximum atomic E-state index is 13.2. The molecule has 0 spiro atoms. The lowest BCUT2D eigenvalue weighted by molar-refractivity contribution is -0.113. The third-order valence-electron chi connectivity index (χ3n) is 4.42. The van der Waals surface area contributed by atoms with Crippen molar-refractivity contribution >= 4 is 34.4 Å². The average molecular weight is 433 g/mol. The first-order valence-electron chi connectivity index (χ1n) is 9.75. The lowest BCUT2D eigenvalue weighted by Crippen LogP contribution is -2.23. The second kappa shape index (κ2) is 9.44. The van der Waals surface area contributed by atoms with Crippen molar-refractivity contribution in [3.63, 3.8) is 0 Å². The molecule has 0 fully saturated rings. The number of thioether (sulfide) groups is 1. The molecule has 31 heavy (non-hydrogen) atoms. The summed E-state index contributed by atoms with van der Waals surface area (Å²) in [5.74, 6) is 0.447. The summed E-state index contributed by atoms with van der Waals surface area (Å²) in [5, 5.41) is 3.68. The van der Waals surface area contributed by atoms with E-state index in [4.69, 9.17) is 4.74 Å². The molecule has 2 aromatic heterocycles. The first kappa shape index (κ1) is 20.6. The van der Waals surface area contributed by atoms with Crippen LogP contribution in [0.25, 0.3) is 16.7 Å². The van der Waals surface area contributed by atoms with Gasteiger partial charge in [-0.15, -0.1) is 0 Å². The van der Waals surface area contributed by atoms with E-state index in [1.807, 2.05) is 49.4 Å². The Morgan fingerprint density at radius 2 is 1.84 bits per heavy atom. The highest BCUT2D eigenvalue weighted by molar-refractivity contribution is 7.99. The molecule has 0 saturated carbocycles. The maximum Gasteiger partial charge on any atom is 0.268 e. The molecule has 1 amide bonds. The first-order valence-corrected chi connectivity index (χ1v) is 10.7. The van der Waals surface area contributed by atoms with Crippen LogP contribution in [0.1, 0.15) is 6.92 Å². The molecule has 0 aliphatic rings. The summed E-state index contributed by atoms with van der Waals surface area (Å²) in [5.41, 5.74) is 1.40. The van der Waals surface area contributed by atoms with Gasteiger partial charge in [0.25, 0.3) is 5.56 Å². The fourth-order valence-electron chi connectivity index (χ4n) is 3.07. The maximum absolute atomic E-state index is 13.2. The van der Waals surface area contributed by atoms with Gasteiger partial charge in [0, 0.05) is 6.20 Å². The Balaban J connectivity index is 1.63. The molecule has 7 nitrogen and oxygen atoms in total. The van der Waals surface area contributed by atoms with Gasteiger partial charge in [0.1, 0.15) is 5.75 Å². The summed E-state index contributed by atoms with van der Waals surface area (Å²) in [4.78, 5) is 34.5. The van der Waals surface area contributed by atoms with Gasteiger partial charge in [-0.25, -0.2) is 9.97 Å². The summed E-state index contributed by atoms with van der Waals surface area (Å²) in [6.07, 6.45) is 1.59. The molecular weight excluding hydrogens is 412 g/mol. The number of fused-ring (bicyclic) bond motifs is 1. The molecule has 2 heterocycles. The predicted octanol–water partition coefficient (Wildman–Crippen LogP) is 3.91. The third kappa shape index (κ3) is 4.59. The Morgan fingerprint density at radius 3 is 2.65 bits per heavy atom. The summed E-state index contributed by atoms with van der Waals surface area (Å²) >= 11 is 1.18. The smallest absolute Gasteiger partial charge is 0.268 e. The molecule has 0 radical (unpaired) electrons. The summed E-state index contributed by atoms with van der Waals surface area (Å²) in [6, 6.07) is 19.9. The zero-order chi connectivity index (χ0) is 21.6. The highest BCUT2D eigenvalue weighted by Crippen LogP contribution is 2.25. The first-order chi connectivity index (χ1) is 15.2. The van der Waals surface area contributed by atoms with Crippen molar-refractivity contribution in [3.8, 4) is 11.4 Å². The fraction of sp³-hybridized carbons (Fsp3) is 0.130. The normalized spacial score (nSPS) is 10.7. The topological polar surface area (TPSA) is 86.1 Å². The number of hydrogen-bond donors (Lipinski definition) is 1. The number of rotatable bonds is 7. The van der Waals surface area contributed by atoms with Crippen molar-refractivity contribution in [2.75, 3.05) is 17.7 Å². The van der Waals surface area contributed by atoms with E-state index in [1.165, 1.54) is 16.3 Å². The number of ether oxygens (including phenoxy) is 1. The zero-order valence-corrected chi connectivity index (χ0v) is 17.6. The van der Waals surface area contributed by atoms with Gasteiger partial charge >= 0.3 is 0 Å². The van der Waals surface area contributed by atoms with E-state index in [1.54, 1.807) is 30.5 Å². The predicted molar refractivity (Wildman–Crippen MR) is 122 cm³/mol. The summed E-state index contributed by atoms with van der Waals surface area (Å²) in [6.45, 7) is 2.38. The van der Waals surface area contributed by atoms with Gasteiger partial charge in [-0.2, -0.15) is 0 Å². The molecule has 0 bridgehead atoms. The Bertz CT molecular complexity index is 1270. The van der Waals surface area contributed by atoms with Gasteiger partial charge in [0.15, 0.2) is 10.8 Å². The number of benzene rings is 2. The van der Waals surface area contributed by atoms with Crippen molar-refractivity contribution < 1.29 is 9.53 Å². The highest BCUT2D eigenvalue weighted by Gasteiger charge is 2.16. The van der Waals surface area contributed by atoms with Crippen LogP contribution in [0.2, 0.25) is 0 Å². The number of carbonyl (C=O) groups excluding carboxylic acids is 1. The second-order valence-electron chi connectivity index (χ2n) is 6.51. The van der Waals surface area contributed by atoms with Gasteiger partial charge < -0.3 is 10.1 Å². The minimum absolute atomic E-state index is 0.0675. The molecule has 2 aromatic carbocycles. The van der Waals surface area contributed by atoms with Crippen LogP contribution >= 0.6 is 11.8 Å². The minimum atomic E-state index is -0.230. The van der Waals surface area contributed by atoms with Gasteiger partial charge in [0.2, 0.25) is 5.91 Å². The average Bonchev–Trinajstić information content (AvgIpc) is 2.80. The van der Waals surface area contributed by atoms with Crippen molar-refractivity contribution in [1.82, 2.24) is 14.5 Å². The third-order valence-corrected chi connectivity index (χ3v) is 5.36. The van der Waals surface area contributed by atoms with E-state index in [2.05, 4.69) is 15.3 Å². The van der Waals surface area contributed by atoms with E-state index < -0.39 is 0 Å². The Labute approximate surface area is 183 Å². The minimum Gasteiger partial charge on any atom is -0.492 e. The van der Waals surface area contributed by atoms with Crippen LogP contribution in [0.15, 0.2) is 82.9 Å². The standard InChI is InChI=1S/C23H20N4O3S/c1-2-30-19-13-7-6-12-18(19)25-20(28)15-31-23-26-21-17(11-8-14-24-21)22(29)27(23)16-9-4-3-5-10-16/h3-14H,2,15H2,1H3,(H,25,28). The van der Waals surface area contributed by atoms with E-state index >= 15 is 0 Å². The van der Waals surface area contributed by atoms with Crippen molar-refractivity contribution in [2.24, 2.45) is 0 Å². The second-order valence-corrected chi connectivity index (χ2v) is 7.45. The number of para-hydroxylation sites is 3. The van der Waals surface area contributed by atoms with Crippen LogP contribution in [-0.4, -0.2) is 32.8 Å². The SMILES string of the molecule is CCOc1ccccc1NC(=O)CSc1nc2ncccc2c(=O)n1-c1ccccc1. The van der Waals surface area contributed by atoms with Crippen LogP contribution in [-0.2, 0) is 4.79 Å². The van der Waals surface area contributed by atoms with E-state index in [0.29, 0.717) is 39.9 Å². The van der Waals surface area contributed by atoms with E-state index in [0.717, 1.165) is 0 Å². The number of pyridine rings is 1. The molecule has 4 rings (SSSR count). The number of aromatic nitrogens is 3. The Kier molecular flexibility index (Phi) is 6.28.